The van der Waals surface area contributed by atoms with E-state index in [9.17, 15) is 39.0 Å². The fourth-order valence-electron chi connectivity index (χ4n) is 8.84. The van der Waals surface area contributed by atoms with Gasteiger partial charge in [-0.3, -0.25) is 29.3 Å². The zero-order chi connectivity index (χ0) is 52.9. The molecule has 0 saturated heterocycles. The first-order valence-corrected chi connectivity index (χ1v) is 24.8. The van der Waals surface area contributed by atoms with Gasteiger partial charge in [0.05, 0.1) is 35.6 Å². The average Bonchev–Trinajstić information content (AvgIpc) is 3.67. The van der Waals surface area contributed by atoms with Crippen molar-refractivity contribution in [2.75, 3.05) is 38.6 Å². The number of nitrogens with two attached hydrogens (primary N) is 2. The maximum Gasteiger partial charge on any atom is 0.340 e. The van der Waals surface area contributed by atoms with Crippen LogP contribution in [0.4, 0.5) is 17.1 Å². The van der Waals surface area contributed by atoms with E-state index in [0.717, 1.165) is 12.1 Å². The van der Waals surface area contributed by atoms with Crippen LogP contribution in [0.2, 0.25) is 0 Å². The molecule has 0 aliphatic carbocycles. The van der Waals surface area contributed by atoms with Gasteiger partial charge < -0.3 is 52.0 Å². The Bertz CT molecular complexity index is 2840. The highest BCUT2D eigenvalue weighted by molar-refractivity contribution is 6.02. The SMILES string of the molecule is CCCC[C@H](NC(=O)[C@@H](CCCCNC(=O)c1ccc(N=Nc2ccc(N(C)C)cc2)cc1)NCC(=O)[C@@H](N)CCCCNC(=O)c1ccc2c(c1)C(=O)OC21c2ccc(O)cc2Oc2cc(O)ccc21)C(N)=O. The summed E-state index contributed by atoms with van der Waals surface area (Å²) in [4.78, 5) is 80.7. The molecule has 2 aliphatic heterocycles. The molecule has 74 heavy (non-hydrogen) atoms. The van der Waals surface area contributed by atoms with E-state index in [4.69, 9.17) is 20.9 Å². The molecule has 0 saturated carbocycles. The predicted octanol–water partition coefficient (Wildman–Crippen LogP) is 6.66. The molecule has 4 amide bonds. The summed E-state index contributed by atoms with van der Waals surface area (Å²) >= 11 is 0. The number of primary amides is 1. The number of phenols is 2. The van der Waals surface area contributed by atoms with Gasteiger partial charge in [0.2, 0.25) is 11.8 Å². The zero-order valence-corrected chi connectivity index (χ0v) is 41.7. The molecular weight excluding hydrogens is 947 g/mol. The summed E-state index contributed by atoms with van der Waals surface area (Å²) in [5, 5.41) is 40.5. The number of carbonyl (C=O) groups excluding carboxylic acids is 6. The van der Waals surface area contributed by atoms with E-state index >= 15 is 0 Å². The number of Topliss-reactive ketones (excluding diaryl/α,β-unsaturated/α-hetero) is 1. The van der Waals surface area contributed by atoms with Gasteiger partial charge in [0.15, 0.2) is 11.4 Å². The van der Waals surface area contributed by atoms with Crippen molar-refractivity contribution in [3.63, 3.8) is 0 Å². The molecule has 10 N–H and O–H groups in total. The third kappa shape index (κ3) is 12.9. The van der Waals surface area contributed by atoms with E-state index in [1.54, 1.807) is 48.5 Å². The molecule has 0 unspecified atom stereocenters. The van der Waals surface area contributed by atoms with Gasteiger partial charge >= 0.3 is 5.97 Å². The van der Waals surface area contributed by atoms with Crippen LogP contribution in [0.5, 0.6) is 23.0 Å². The quantitative estimate of drug-likeness (QED) is 0.0173. The Morgan fingerprint density at radius 3 is 1.80 bits per heavy atom. The first-order valence-electron chi connectivity index (χ1n) is 24.8. The van der Waals surface area contributed by atoms with Crippen molar-refractivity contribution in [3.05, 3.63) is 137 Å². The van der Waals surface area contributed by atoms with Crippen LogP contribution in [0.1, 0.15) is 112 Å². The molecule has 0 bridgehead atoms. The summed E-state index contributed by atoms with van der Waals surface area (Å²) in [6, 6.07) is 25.4. The summed E-state index contributed by atoms with van der Waals surface area (Å²) in [5.41, 5.74) is 15.0. The van der Waals surface area contributed by atoms with Gasteiger partial charge in [-0.2, -0.15) is 10.2 Å². The number of ether oxygens (including phenoxy) is 2. The Hall–Kier alpha value is -8.16. The summed E-state index contributed by atoms with van der Waals surface area (Å²) in [6.07, 6.45) is 4.45. The van der Waals surface area contributed by atoms with Crippen molar-refractivity contribution in [1.82, 2.24) is 21.3 Å². The molecule has 3 atom stereocenters. The van der Waals surface area contributed by atoms with Gasteiger partial charge in [0.1, 0.15) is 29.0 Å². The van der Waals surface area contributed by atoms with Gasteiger partial charge in [0, 0.05) is 72.8 Å². The van der Waals surface area contributed by atoms with Crippen LogP contribution in [-0.4, -0.2) is 97.4 Å². The summed E-state index contributed by atoms with van der Waals surface area (Å²) in [5.74, 6) is -2.48. The maximum atomic E-state index is 13.5. The number of aromatic hydroxyl groups is 2. The van der Waals surface area contributed by atoms with Crippen molar-refractivity contribution in [3.8, 4) is 23.0 Å². The lowest BCUT2D eigenvalue weighted by Gasteiger charge is -2.36. The molecule has 19 nitrogen and oxygen atoms in total. The van der Waals surface area contributed by atoms with E-state index in [-0.39, 0.29) is 58.9 Å². The number of fused-ring (bicyclic) bond motifs is 6. The number of phenolic OH excluding ortho intramolecular Hbond substituents is 2. The first-order chi connectivity index (χ1) is 35.6. The Morgan fingerprint density at radius 2 is 1.22 bits per heavy atom. The lowest BCUT2D eigenvalue weighted by Crippen LogP contribution is -2.53. The maximum absolute atomic E-state index is 13.5. The van der Waals surface area contributed by atoms with Crippen LogP contribution in [0.25, 0.3) is 0 Å². The standard InChI is InChI=1S/C55H63N9O10/c1-4-5-11-45(50(57)68)61-53(71)46(12-7-9-28-58-51(69)33-13-16-35(17-14-33)62-63-36-18-20-37(21-19-36)64(2)3)60-32-47(67)44(56)10-6-8-27-59-52(70)34-15-24-41-40(29-34)54(72)74-55(41)42-25-22-38(65)30-48(42)73-49-31-39(66)23-26-43(49)55/h13-26,29-31,44-46,60,65-66H,4-12,27-28,32,56H2,1-3H3,(H2,57,68)(H,58,69)(H,59,70)(H,61,71)/t44-,45-,46+/m0/s1. The van der Waals surface area contributed by atoms with E-state index in [0.29, 0.717) is 91.5 Å². The van der Waals surface area contributed by atoms with E-state index < -0.39 is 47.4 Å². The number of nitrogens with one attached hydrogen (secondary N) is 4. The largest absolute Gasteiger partial charge is 0.508 e. The number of hydrogen-bond donors (Lipinski definition) is 8. The molecule has 1 spiro atoms. The number of rotatable bonds is 25. The molecular formula is C55H63N9O10. The lowest BCUT2D eigenvalue weighted by molar-refractivity contribution is -0.129. The van der Waals surface area contributed by atoms with E-state index in [2.05, 4.69) is 31.5 Å². The fourth-order valence-corrected chi connectivity index (χ4v) is 8.84. The summed E-state index contributed by atoms with van der Waals surface area (Å²) in [6.45, 7) is 2.33. The number of nitrogens with zero attached hydrogens (tertiary/aromatic N) is 3. The van der Waals surface area contributed by atoms with Crippen LogP contribution in [0.15, 0.2) is 113 Å². The molecule has 2 heterocycles. The van der Waals surface area contributed by atoms with Crippen molar-refractivity contribution in [2.24, 2.45) is 21.7 Å². The van der Waals surface area contributed by atoms with Gasteiger partial charge in [-0.15, -0.1) is 0 Å². The Balaban J connectivity index is 0.866. The van der Waals surface area contributed by atoms with Crippen LogP contribution < -0.4 is 42.4 Å². The number of carbonyl (C=O) groups is 6. The highest BCUT2D eigenvalue weighted by Gasteiger charge is 2.54. The lowest BCUT2D eigenvalue weighted by atomic mass is 9.77. The van der Waals surface area contributed by atoms with Crippen molar-refractivity contribution in [1.29, 1.82) is 0 Å². The molecule has 0 aromatic heterocycles. The van der Waals surface area contributed by atoms with Gasteiger partial charge in [-0.1, -0.05) is 25.8 Å². The molecule has 5 aromatic rings. The number of amides is 4. The van der Waals surface area contributed by atoms with Gasteiger partial charge in [-0.25, -0.2) is 4.79 Å². The van der Waals surface area contributed by atoms with Gasteiger partial charge in [0.25, 0.3) is 11.8 Å². The normalized spacial score (nSPS) is 14.1. The zero-order valence-electron chi connectivity index (χ0n) is 41.7. The second-order valence-corrected chi connectivity index (χ2v) is 18.6. The minimum absolute atomic E-state index is 0.0677. The Morgan fingerprint density at radius 1 is 0.676 bits per heavy atom. The Labute approximate surface area is 429 Å². The van der Waals surface area contributed by atoms with Crippen LogP contribution in [0.3, 0.4) is 0 Å². The second kappa shape index (κ2) is 24.5. The van der Waals surface area contributed by atoms with Crippen LogP contribution in [-0.2, 0) is 24.7 Å². The number of ketones is 1. The molecule has 7 rings (SSSR count). The van der Waals surface area contributed by atoms with Crippen LogP contribution >= 0.6 is 0 Å². The van der Waals surface area contributed by atoms with E-state index in [1.807, 2.05) is 50.2 Å². The predicted molar refractivity (Wildman–Crippen MR) is 277 cm³/mol. The third-order valence-electron chi connectivity index (χ3n) is 13.0. The highest BCUT2D eigenvalue weighted by Crippen LogP contribution is 2.57. The number of anilines is 1. The van der Waals surface area contributed by atoms with Crippen molar-refractivity contribution < 1.29 is 48.5 Å². The second-order valence-electron chi connectivity index (χ2n) is 18.6. The minimum Gasteiger partial charge on any atom is -0.508 e. The molecule has 0 radical (unpaired) electrons. The van der Waals surface area contributed by atoms with Gasteiger partial charge in [-0.05, 0) is 130 Å². The monoisotopic (exact) mass is 1010 g/mol. The smallest absolute Gasteiger partial charge is 0.340 e. The number of hydrogen-bond acceptors (Lipinski definition) is 15. The minimum atomic E-state index is -1.46. The number of benzene rings is 5. The number of esters is 1. The van der Waals surface area contributed by atoms with E-state index in [1.165, 1.54) is 30.3 Å². The topological polar surface area (TPSA) is 289 Å². The Kier molecular flexibility index (Phi) is 17.8. The molecule has 19 heteroatoms. The first kappa shape index (κ1) is 53.6. The van der Waals surface area contributed by atoms with Crippen molar-refractivity contribution >= 4 is 52.4 Å². The fraction of sp³-hybridized carbons (Fsp3) is 0.345. The third-order valence-corrected chi connectivity index (χ3v) is 13.0. The molecule has 388 valence electrons. The molecule has 2 aliphatic rings. The number of unbranched alkanes of at least 4 members (excludes halogenated alkanes) is 3. The van der Waals surface area contributed by atoms with Crippen LogP contribution in [0, 0.1) is 0 Å². The summed E-state index contributed by atoms with van der Waals surface area (Å²) in [7, 11) is 3.92. The highest BCUT2D eigenvalue weighted by atomic mass is 16.6. The summed E-state index contributed by atoms with van der Waals surface area (Å²) < 4.78 is 12.1. The van der Waals surface area contributed by atoms with Crippen molar-refractivity contribution in [2.45, 2.75) is 88.4 Å². The number of azo groups is 1. The average molecular weight is 1010 g/mol. The molecule has 5 aromatic carbocycles. The molecule has 0 fully saturated rings.